The number of hydrogen-bond donors (Lipinski definition) is 0. The average Bonchev–Trinajstić information content (AvgIpc) is 3.96. The van der Waals surface area contributed by atoms with Gasteiger partial charge in [-0.15, -0.1) is 0 Å². The van der Waals surface area contributed by atoms with E-state index in [0.717, 1.165) is 89.6 Å². The maximum atomic E-state index is 5.48. The summed E-state index contributed by atoms with van der Waals surface area (Å²) in [4.78, 5) is 16.4. The van der Waals surface area contributed by atoms with Crippen LogP contribution in [0.4, 0.5) is 0 Å². The van der Waals surface area contributed by atoms with Crippen LogP contribution in [0.1, 0.15) is 172 Å². The van der Waals surface area contributed by atoms with Crippen LogP contribution >= 0.6 is 0 Å². The molecule has 0 radical (unpaired) electrons. The highest BCUT2D eigenvalue weighted by atomic mass is 15.1. The van der Waals surface area contributed by atoms with E-state index in [1.54, 1.807) is 0 Å². The van der Waals surface area contributed by atoms with Gasteiger partial charge in [0.05, 0.1) is 33.1 Å². The second kappa shape index (κ2) is 23.3. The third-order valence-electron chi connectivity index (χ3n) is 13.4. The Morgan fingerprint density at radius 3 is 0.841 bits per heavy atom. The molecule has 0 N–H and O–H groups in total. The standard InChI is InChI=1S/C57H78N6/c1-7-10-13-16-19-22-25-34-61-52-37-43(4)28-31-49(52)58-55(61)46-40-47(56-59-50-32-29-44(5)38-53(50)62(56)35-26-23-20-17-14-11-8-2)42-48(41-46)57-60-51-33-30-45(6)39-54(51)63(57)36-27-24-21-18-15-12-9-3/h28-33,37-42H,7-27,34-36H2,1-6H3. The van der Waals surface area contributed by atoms with Crippen molar-refractivity contribution in [3.8, 4) is 34.2 Å². The van der Waals surface area contributed by atoms with Crippen molar-refractivity contribution >= 4 is 33.1 Å². The molecule has 0 bridgehead atoms. The van der Waals surface area contributed by atoms with Gasteiger partial charge in [0.2, 0.25) is 0 Å². The van der Waals surface area contributed by atoms with Gasteiger partial charge in [0.25, 0.3) is 0 Å². The molecule has 3 aromatic heterocycles. The average molecular weight is 847 g/mol. The largest absolute Gasteiger partial charge is 0.324 e. The summed E-state index contributed by atoms with van der Waals surface area (Å²) in [7, 11) is 0. The van der Waals surface area contributed by atoms with Crippen molar-refractivity contribution in [2.24, 2.45) is 0 Å². The van der Waals surface area contributed by atoms with E-state index in [2.05, 4.69) is 128 Å². The van der Waals surface area contributed by atoms with E-state index >= 15 is 0 Å². The number of hydrogen-bond acceptors (Lipinski definition) is 3. The molecule has 7 rings (SSSR count). The molecule has 4 aromatic carbocycles. The van der Waals surface area contributed by atoms with E-state index in [-0.39, 0.29) is 0 Å². The molecule has 336 valence electrons. The molecule has 0 fully saturated rings. The van der Waals surface area contributed by atoms with E-state index in [9.17, 15) is 0 Å². The summed E-state index contributed by atoms with van der Waals surface area (Å²) in [5, 5.41) is 0. The second-order valence-electron chi connectivity index (χ2n) is 18.9. The highest BCUT2D eigenvalue weighted by Crippen LogP contribution is 2.37. The highest BCUT2D eigenvalue weighted by Gasteiger charge is 2.22. The summed E-state index contributed by atoms with van der Waals surface area (Å²) in [6.45, 7) is 16.4. The van der Waals surface area contributed by atoms with Crippen LogP contribution in [0.3, 0.4) is 0 Å². The lowest BCUT2D eigenvalue weighted by molar-refractivity contribution is 0.556. The van der Waals surface area contributed by atoms with Crippen molar-refractivity contribution < 1.29 is 0 Å². The first-order valence-electron chi connectivity index (χ1n) is 25.4. The van der Waals surface area contributed by atoms with Crippen molar-refractivity contribution in [3.05, 3.63) is 89.5 Å². The summed E-state index contributed by atoms with van der Waals surface area (Å²) in [6.07, 6.45) is 26.9. The van der Waals surface area contributed by atoms with Crippen molar-refractivity contribution in [2.75, 3.05) is 0 Å². The number of benzene rings is 4. The van der Waals surface area contributed by atoms with Crippen LogP contribution < -0.4 is 0 Å². The number of aryl methyl sites for hydroxylation is 6. The first-order valence-corrected chi connectivity index (χ1v) is 25.4. The van der Waals surface area contributed by atoms with Crippen LogP contribution in [0.2, 0.25) is 0 Å². The Labute approximate surface area is 380 Å². The summed E-state index contributed by atoms with van der Waals surface area (Å²) < 4.78 is 7.56. The molecule has 63 heavy (non-hydrogen) atoms. The monoisotopic (exact) mass is 847 g/mol. The Balaban J connectivity index is 1.35. The number of imidazole rings is 3. The lowest BCUT2D eigenvalue weighted by Crippen LogP contribution is -2.05. The van der Waals surface area contributed by atoms with Gasteiger partial charge in [-0.25, -0.2) is 15.0 Å². The summed E-state index contributed by atoms with van der Waals surface area (Å²) in [5.74, 6) is 3.13. The third-order valence-corrected chi connectivity index (χ3v) is 13.4. The predicted molar refractivity (Wildman–Crippen MR) is 271 cm³/mol. The summed E-state index contributed by atoms with van der Waals surface area (Å²) >= 11 is 0. The molecule has 0 amide bonds. The van der Waals surface area contributed by atoms with Gasteiger partial charge in [0.1, 0.15) is 17.5 Å². The molecule has 0 saturated heterocycles. The SMILES string of the molecule is CCCCCCCCCn1c(-c2cc(-c3nc4ccc(C)cc4n3CCCCCCCCC)cc(-c3nc4ccc(C)cc4n3CCCCCCCCC)c2)nc2ccc(C)cc21. The van der Waals surface area contributed by atoms with E-state index in [4.69, 9.17) is 15.0 Å². The molecule has 0 aliphatic heterocycles. The molecule has 0 spiro atoms. The summed E-state index contributed by atoms with van der Waals surface area (Å²) in [6, 6.07) is 27.5. The Bertz CT molecular complexity index is 2220. The zero-order chi connectivity index (χ0) is 44.0. The zero-order valence-electron chi connectivity index (χ0n) is 40.1. The molecule has 6 nitrogen and oxygen atoms in total. The minimum absolute atomic E-state index is 0.953. The predicted octanol–water partition coefficient (Wildman–Crippen LogP) is 16.9. The minimum atomic E-state index is 0.953. The molecule has 0 aliphatic carbocycles. The molecule has 0 aliphatic rings. The Kier molecular flexibility index (Phi) is 17.1. The maximum absolute atomic E-state index is 5.48. The van der Waals surface area contributed by atoms with E-state index in [1.165, 1.54) is 149 Å². The number of fused-ring (bicyclic) bond motifs is 3. The Hall–Kier alpha value is -4.71. The number of unbranched alkanes of at least 4 members (excludes halogenated alkanes) is 18. The van der Waals surface area contributed by atoms with Crippen molar-refractivity contribution in [1.82, 2.24) is 28.7 Å². The van der Waals surface area contributed by atoms with Gasteiger partial charge in [0.15, 0.2) is 0 Å². The quantitative estimate of drug-likeness (QED) is 0.0485. The highest BCUT2D eigenvalue weighted by molar-refractivity contribution is 5.88. The van der Waals surface area contributed by atoms with Gasteiger partial charge in [0, 0.05) is 36.3 Å². The van der Waals surface area contributed by atoms with Crippen molar-refractivity contribution in [2.45, 2.75) is 196 Å². The third kappa shape index (κ3) is 11.9. The van der Waals surface area contributed by atoms with Gasteiger partial charge in [-0.2, -0.15) is 0 Å². The van der Waals surface area contributed by atoms with Gasteiger partial charge in [-0.1, -0.05) is 155 Å². The van der Waals surface area contributed by atoms with Gasteiger partial charge < -0.3 is 13.7 Å². The van der Waals surface area contributed by atoms with Crippen LogP contribution in [0.25, 0.3) is 67.3 Å². The topological polar surface area (TPSA) is 53.5 Å². The Morgan fingerprint density at radius 2 is 0.571 bits per heavy atom. The molecular formula is C57H78N6. The molecular weight excluding hydrogens is 769 g/mol. The molecule has 0 saturated carbocycles. The van der Waals surface area contributed by atoms with Gasteiger partial charge in [-0.05, 0) is 111 Å². The van der Waals surface area contributed by atoms with Crippen LogP contribution in [0.5, 0.6) is 0 Å². The number of rotatable bonds is 27. The lowest BCUT2D eigenvalue weighted by Gasteiger charge is -2.15. The summed E-state index contributed by atoms with van der Waals surface area (Å²) in [5.41, 5.74) is 14.1. The maximum Gasteiger partial charge on any atom is 0.141 e. The van der Waals surface area contributed by atoms with Crippen LogP contribution in [-0.4, -0.2) is 28.7 Å². The molecule has 0 unspecified atom stereocenters. The number of nitrogens with zero attached hydrogens (tertiary/aromatic N) is 6. The van der Waals surface area contributed by atoms with Crippen LogP contribution in [0.15, 0.2) is 72.8 Å². The second-order valence-corrected chi connectivity index (χ2v) is 18.9. The molecule has 3 heterocycles. The van der Waals surface area contributed by atoms with Crippen molar-refractivity contribution in [1.29, 1.82) is 0 Å². The first kappa shape index (κ1) is 46.3. The van der Waals surface area contributed by atoms with Gasteiger partial charge >= 0.3 is 0 Å². The first-order chi connectivity index (χ1) is 30.9. The van der Waals surface area contributed by atoms with Crippen molar-refractivity contribution in [3.63, 3.8) is 0 Å². The van der Waals surface area contributed by atoms with Crippen LogP contribution in [-0.2, 0) is 19.6 Å². The van der Waals surface area contributed by atoms with E-state index < -0.39 is 0 Å². The fourth-order valence-corrected chi connectivity index (χ4v) is 9.73. The Morgan fingerprint density at radius 1 is 0.317 bits per heavy atom. The normalized spacial score (nSPS) is 11.9. The fourth-order valence-electron chi connectivity index (χ4n) is 9.73. The molecule has 0 atom stereocenters. The van der Waals surface area contributed by atoms with E-state index in [0.29, 0.717) is 0 Å². The molecule has 7 aromatic rings. The van der Waals surface area contributed by atoms with E-state index in [1.807, 2.05) is 0 Å². The number of aromatic nitrogens is 6. The van der Waals surface area contributed by atoms with Crippen LogP contribution in [0, 0.1) is 20.8 Å². The van der Waals surface area contributed by atoms with Gasteiger partial charge in [-0.3, -0.25) is 0 Å². The molecule has 6 heteroatoms. The fraction of sp³-hybridized carbons (Fsp3) is 0.526. The minimum Gasteiger partial charge on any atom is -0.324 e. The lowest BCUT2D eigenvalue weighted by atomic mass is 10.0. The zero-order valence-corrected chi connectivity index (χ0v) is 40.1. The smallest absolute Gasteiger partial charge is 0.141 e.